The standard InChI is InChI=1S/C21H26FN3O/c1-24(19-6-4-3-5-7-19)14-15-25(2)20(21(26)23-18-12-13-18)16-8-10-17(22)11-9-16/h3-11,18,20H,12-15H2,1-2H3,(H,23,26). The molecule has 0 heterocycles. The minimum absolute atomic E-state index is 0.0102. The number of amides is 1. The Morgan fingerprint density at radius 3 is 2.35 bits per heavy atom. The smallest absolute Gasteiger partial charge is 0.242 e. The molecule has 0 aromatic heterocycles. The maximum absolute atomic E-state index is 13.3. The van der Waals surface area contributed by atoms with Crippen LogP contribution in [0, 0.1) is 5.82 Å². The average molecular weight is 355 g/mol. The lowest BCUT2D eigenvalue weighted by Gasteiger charge is -2.30. The Hall–Kier alpha value is -2.40. The molecule has 1 atom stereocenters. The molecule has 2 aromatic carbocycles. The number of nitrogens with one attached hydrogen (secondary N) is 1. The summed E-state index contributed by atoms with van der Waals surface area (Å²) in [6.45, 7) is 1.50. The van der Waals surface area contributed by atoms with Gasteiger partial charge in [-0.1, -0.05) is 30.3 Å². The van der Waals surface area contributed by atoms with Crippen molar-refractivity contribution in [2.75, 3.05) is 32.1 Å². The summed E-state index contributed by atoms with van der Waals surface area (Å²) in [5.74, 6) is -0.300. The molecule has 1 amide bonds. The fourth-order valence-electron chi connectivity index (χ4n) is 3.01. The van der Waals surface area contributed by atoms with Gasteiger partial charge in [-0.05, 0) is 49.7 Å². The first kappa shape index (κ1) is 18.4. The molecular formula is C21H26FN3O. The maximum Gasteiger partial charge on any atom is 0.242 e. The van der Waals surface area contributed by atoms with Gasteiger partial charge in [-0.2, -0.15) is 0 Å². The largest absolute Gasteiger partial charge is 0.373 e. The van der Waals surface area contributed by atoms with E-state index in [1.54, 1.807) is 12.1 Å². The monoisotopic (exact) mass is 355 g/mol. The first-order valence-corrected chi connectivity index (χ1v) is 9.07. The molecule has 1 unspecified atom stereocenters. The molecule has 1 aliphatic carbocycles. The van der Waals surface area contributed by atoms with Gasteiger partial charge in [0.15, 0.2) is 0 Å². The molecular weight excluding hydrogens is 329 g/mol. The number of likely N-dealkylation sites (N-methyl/N-ethyl adjacent to an activating group) is 2. The van der Waals surface area contributed by atoms with E-state index in [2.05, 4.69) is 22.3 Å². The molecule has 4 nitrogen and oxygen atoms in total. The second kappa shape index (κ2) is 8.32. The van der Waals surface area contributed by atoms with E-state index < -0.39 is 6.04 Å². The van der Waals surface area contributed by atoms with E-state index in [-0.39, 0.29) is 11.7 Å². The number of hydrogen-bond acceptors (Lipinski definition) is 3. The number of rotatable bonds is 8. The summed E-state index contributed by atoms with van der Waals surface area (Å²) < 4.78 is 13.3. The highest BCUT2D eigenvalue weighted by Crippen LogP contribution is 2.24. The molecule has 138 valence electrons. The minimum atomic E-state index is -0.416. The van der Waals surface area contributed by atoms with E-state index >= 15 is 0 Å². The van der Waals surface area contributed by atoms with Gasteiger partial charge in [0.25, 0.3) is 0 Å². The van der Waals surface area contributed by atoms with Crippen LogP contribution < -0.4 is 10.2 Å². The van der Waals surface area contributed by atoms with Crippen LogP contribution in [0.25, 0.3) is 0 Å². The number of para-hydroxylation sites is 1. The van der Waals surface area contributed by atoms with Crippen molar-refractivity contribution in [1.82, 2.24) is 10.2 Å². The molecule has 1 aliphatic rings. The van der Waals surface area contributed by atoms with Gasteiger partial charge in [0, 0.05) is 31.9 Å². The van der Waals surface area contributed by atoms with E-state index in [9.17, 15) is 9.18 Å². The van der Waals surface area contributed by atoms with E-state index in [0.717, 1.165) is 30.6 Å². The number of carbonyl (C=O) groups is 1. The highest BCUT2D eigenvalue weighted by atomic mass is 19.1. The summed E-state index contributed by atoms with van der Waals surface area (Å²) in [7, 11) is 3.99. The predicted molar refractivity (Wildman–Crippen MR) is 103 cm³/mol. The Labute approximate surface area is 154 Å². The fourth-order valence-corrected chi connectivity index (χ4v) is 3.01. The third kappa shape index (κ3) is 4.82. The van der Waals surface area contributed by atoms with Gasteiger partial charge >= 0.3 is 0 Å². The molecule has 0 spiro atoms. The number of carbonyl (C=O) groups excluding carboxylic acids is 1. The maximum atomic E-state index is 13.3. The normalized spacial score (nSPS) is 14.9. The lowest BCUT2D eigenvalue weighted by molar-refractivity contribution is -0.126. The Bertz CT molecular complexity index is 716. The van der Waals surface area contributed by atoms with Crippen molar-refractivity contribution in [3.8, 4) is 0 Å². The third-order valence-corrected chi connectivity index (χ3v) is 4.78. The van der Waals surface area contributed by atoms with Crippen molar-refractivity contribution in [3.63, 3.8) is 0 Å². The lowest BCUT2D eigenvalue weighted by atomic mass is 10.0. The van der Waals surface area contributed by atoms with Gasteiger partial charge in [-0.15, -0.1) is 0 Å². The Kier molecular flexibility index (Phi) is 5.89. The van der Waals surface area contributed by atoms with Crippen molar-refractivity contribution in [3.05, 3.63) is 66.0 Å². The average Bonchev–Trinajstić information content (AvgIpc) is 3.46. The van der Waals surface area contributed by atoms with Crippen molar-refractivity contribution < 1.29 is 9.18 Å². The summed E-state index contributed by atoms with van der Waals surface area (Å²) in [5, 5.41) is 3.08. The molecule has 0 saturated heterocycles. The van der Waals surface area contributed by atoms with Crippen LogP contribution in [0.4, 0.5) is 10.1 Å². The summed E-state index contributed by atoms with van der Waals surface area (Å²) in [6, 6.07) is 16.3. The molecule has 1 saturated carbocycles. The van der Waals surface area contributed by atoms with E-state index in [0.29, 0.717) is 12.6 Å². The zero-order valence-electron chi connectivity index (χ0n) is 15.4. The Morgan fingerprint density at radius 2 is 1.73 bits per heavy atom. The summed E-state index contributed by atoms with van der Waals surface area (Å²) in [4.78, 5) is 17.0. The minimum Gasteiger partial charge on any atom is -0.373 e. The Balaban J connectivity index is 1.68. The van der Waals surface area contributed by atoms with E-state index in [1.807, 2.05) is 37.2 Å². The van der Waals surface area contributed by atoms with Crippen LogP contribution in [-0.2, 0) is 4.79 Å². The van der Waals surface area contributed by atoms with Gasteiger partial charge in [-0.3, -0.25) is 9.69 Å². The summed E-state index contributed by atoms with van der Waals surface area (Å²) >= 11 is 0. The quantitative estimate of drug-likeness (QED) is 0.790. The second-order valence-corrected chi connectivity index (χ2v) is 6.97. The molecule has 2 aromatic rings. The molecule has 3 rings (SSSR count). The number of hydrogen-bond donors (Lipinski definition) is 1. The highest BCUT2D eigenvalue weighted by molar-refractivity contribution is 5.83. The van der Waals surface area contributed by atoms with Crippen LogP contribution in [0.2, 0.25) is 0 Å². The molecule has 0 aliphatic heterocycles. The van der Waals surface area contributed by atoms with Crippen molar-refractivity contribution in [2.24, 2.45) is 0 Å². The van der Waals surface area contributed by atoms with Gasteiger partial charge in [0.05, 0.1) is 0 Å². The number of anilines is 1. The van der Waals surface area contributed by atoms with Crippen LogP contribution in [0.3, 0.4) is 0 Å². The molecule has 1 N–H and O–H groups in total. The SMILES string of the molecule is CN(CCN(C)C(C(=O)NC1CC1)c1ccc(F)cc1)c1ccccc1. The lowest BCUT2D eigenvalue weighted by Crippen LogP contribution is -2.42. The first-order chi connectivity index (χ1) is 12.5. The van der Waals surface area contributed by atoms with Gasteiger partial charge in [-0.25, -0.2) is 4.39 Å². The molecule has 5 heteroatoms. The summed E-state index contributed by atoms with van der Waals surface area (Å²) in [6.07, 6.45) is 2.09. The van der Waals surface area contributed by atoms with E-state index in [1.165, 1.54) is 12.1 Å². The second-order valence-electron chi connectivity index (χ2n) is 6.97. The van der Waals surface area contributed by atoms with Crippen LogP contribution in [0.15, 0.2) is 54.6 Å². The fraction of sp³-hybridized carbons (Fsp3) is 0.381. The zero-order valence-corrected chi connectivity index (χ0v) is 15.4. The van der Waals surface area contributed by atoms with E-state index in [4.69, 9.17) is 0 Å². The Morgan fingerprint density at radius 1 is 1.08 bits per heavy atom. The van der Waals surface area contributed by atoms with Crippen LogP contribution in [-0.4, -0.2) is 44.0 Å². The number of halogens is 1. The first-order valence-electron chi connectivity index (χ1n) is 9.07. The highest BCUT2D eigenvalue weighted by Gasteiger charge is 2.30. The molecule has 0 bridgehead atoms. The topological polar surface area (TPSA) is 35.6 Å². The van der Waals surface area contributed by atoms with Crippen LogP contribution in [0.1, 0.15) is 24.4 Å². The predicted octanol–water partition coefficient (Wildman–Crippen LogP) is 3.21. The van der Waals surface area contributed by atoms with Gasteiger partial charge in [0.2, 0.25) is 5.91 Å². The third-order valence-electron chi connectivity index (χ3n) is 4.78. The zero-order chi connectivity index (χ0) is 18.5. The van der Waals surface area contributed by atoms with Gasteiger partial charge in [0.1, 0.15) is 11.9 Å². The number of nitrogens with zero attached hydrogens (tertiary/aromatic N) is 2. The van der Waals surface area contributed by atoms with Crippen molar-refractivity contribution in [2.45, 2.75) is 24.9 Å². The molecule has 1 fully saturated rings. The molecule has 26 heavy (non-hydrogen) atoms. The number of benzene rings is 2. The summed E-state index contributed by atoms with van der Waals surface area (Å²) in [5.41, 5.74) is 1.95. The van der Waals surface area contributed by atoms with Crippen molar-refractivity contribution >= 4 is 11.6 Å². The van der Waals surface area contributed by atoms with Gasteiger partial charge < -0.3 is 10.2 Å². The van der Waals surface area contributed by atoms with Crippen LogP contribution >= 0.6 is 0 Å². The van der Waals surface area contributed by atoms with Crippen LogP contribution in [0.5, 0.6) is 0 Å². The van der Waals surface area contributed by atoms with Crippen molar-refractivity contribution in [1.29, 1.82) is 0 Å². The molecule has 0 radical (unpaired) electrons.